The first-order valence-electron chi connectivity index (χ1n) is 11.5. The van der Waals surface area contributed by atoms with Crippen molar-refractivity contribution >= 4 is 11.6 Å². The Labute approximate surface area is 199 Å². The predicted octanol–water partition coefficient (Wildman–Crippen LogP) is 2.11. The molecule has 1 amide bonds. The van der Waals surface area contributed by atoms with Crippen molar-refractivity contribution in [2.75, 3.05) is 44.8 Å². The van der Waals surface area contributed by atoms with Crippen LogP contribution in [-0.4, -0.2) is 65.4 Å². The summed E-state index contributed by atoms with van der Waals surface area (Å²) < 4.78 is 6.92. The Kier molecular flexibility index (Phi) is 7.27. The van der Waals surface area contributed by atoms with Gasteiger partial charge in [-0.2, -0.15) is 0 Å². The summed E-state index contributed by atoms with van der Waals surface area (Å²) in [5.41, 5.74) is 2.52. The molecular formula is C26H30N4O4. The molecule has 3 aromatic rings. The Bertz CT molecular complexity index is 1200. The lowest BCUT2D eigenvalue weighted by Gasteiger charge is -2.36. The molecule has 2 heterocycles. The molecule has 0 aliphatic carbocycles. The van der Waals surface area contributed by atoms with E-state index in [2.05, 4.69) is 9.88 Å². The summed E-state index contributed by atoms with van der Waals surface area (Å²) >= 11 is 0. The van der Waals surface area contributed by atoms with E-state index in [1.807, 2.05) is 54.6 Å². The third kappa shape index (κ3) is 4.82. The fourth-order valence-electron chi connectivity index (χ4n) is 4.38. The topological polar surface area (TPSA) is 87.9 Å². The number of nitrogens with zero attached hydrogens (tertiary/aromatic N) is 4. The van der Waals surface area contributed by atoms with E-state index in [-0.39, 0.29) is 31.0 Å². The molecule has 4 rings (SSSR count). The highest BCUT2D eigenvalue weighted by Crippen LogP contribution is 2.28. The monoisotopic (exact) mass is 462 g/mol. The van der Waals surface area contributed by atoms with Gasteiger partial charge in [0.15, 0.2) is 0 Å². The zero-order valence-corrected chi connectivity index (χ0v) is 19.6. The van der Waals surface area contributed by atoms with Crippen molar-refractivity contribution in [3.63, 3.8) is 0 Å². The molecule has 0 spiro atoms. The number of aliphatic hydroxyl groups excluding tert-OH is 1. The van der Waals surface area contributed by atoms with E-state index in [1.165, 1.54) is 4.57 Å². The number of amides is 1. The molecule has 1 aliphatic rings. The van der Waals surface area contributed by atoms with Gasteiger partial charge in [-0.05, 0) is 19.1 Å². The normalized spacial score (nSPS) is 13.7. The molecule has 0 radical (unpaired) electrons. The van der Waals surface area contributed by atoms with Crippen LogP contribution in [0.5, 0.6) is 5.75 Å². The van der Waals surface area contributed by atoms with Gasteiger partial charge in [0.05, 0.1) is 12.8 Å². The van der Waals surface area contributed by atoms with Crippen LogP contribution in [0.3, 0.4) is 0 Å². The lowest BCUT2D eigenvalue weighted by Crippen LogP contribution is -2.50. The van der Waals surface area contributed by atoms with Gasteiger partial charge in [0.25, 0.3) is 5.56 Å². The number of anilines is 1. The summed E-state index contributed by atoms with van der Waals surface area (Å²) in [6.45, 7) is 3.97. The Balaban J connectivity index is 1.56. The maximum Gasteiger partial charge on any atom is 0.257 e. The number of aliphatic hydroxyl groups is 1. The van der Waals surface area contributed by atoms with Gasteiger partial charge in [-0.1, -0.05) is 42.5 Å². The molecule has 34 heavy (non-hydrogen) atoms. The first-order valence-corrected chi connectivity index (χ1v) is 11.5. The number of ether oxygens (including phenoxy) is 1. The largest absolute Gasteiger partial charge is 0.495 e. The maximum atomic E-state index is 13.3. The highest BCUT2D eigenvalue weighted by molar-refractivity contribution is 5.77. The molecule has 1 saturated heterocycles. The summed E-state index contributed by atoms with van der Waals surface area (Å²) in [5.74, 6) is 1.15. The lowest BCUT2D eigenvalue weighted by molar-refractivity contribution is -0.132. The van der Waals surface area contributed by atoms with E-state index < -0.39 is 0 Å². The van der Waals surface area contributed by atoms with Crippen LogP contribution >= 0.6 is 0 Å². The predicted molar refractivity (Wildman–Crippen MR) is 131 cm³/mol. The third-order valence-electron chi connectivity index (χ3n) is 6.21. The molecule has 8 heteroatoms. The number of aryl methyl sites for hydroxylation is 1. The highest BCUT2D eigenvalue weighted by atomic mass is 16.5. The first kappa shape index (κ1) is 23.5. The Morgan fingerprint density at radius 2 is 1.71 bits per heavy atom. The van der Waals surface area contributed by atoms with Crippen molar-refractivity contribution in [3.8, 4) is 17.1 Å². The minimum Gasteiger partial charge on any atom is -0.495 e. The van der Waals surface area contributed by atoms with Crippen LogP contribution in [0.1, 0.15) is 11.3 Å². The maximum absolute atomic E-state index is 13.3. The van der Waals surface area contributed by atoms with Crippen LogP contribution in [0, 0.1) is 6.92 Å². The average molecular weight is 463 g/mol. The average Bonchev–Trinajstić information content (AvgIpc) is 2.88. The Morgan fingerprint density at radius 1 is 1.03 bits per heavy atom. The van der Waals surface area contributed by atoms with Gasteiger partial charge in [-0.15, -0.1) is 0 Å². The zero-order valence-electron chi connectivity index (χ0n) is 19.6. The number of methoxy groups -OCH3 is 1. The Hall–Kier alpha value is -3.65. The van der Waals surface area contributed by atoms with Crippen LogP contribution in [0.15, 0.2) is 59.4 Å². The second-order valence-corrected chi connectivity index (χ2v) is 8.27. The number of carbonyl (C=O) groups is 1. The molecule has 2 aromatic carbocycles. The highest BCUT2D eigenvalue weighted by Gasteiger charge is 2.25. The molecule has 1 N–H and O–H groups in total. The summed E-state index contributed by atoms with van der Waals surface area (Å²) in [4.78, 5) is 35.2. The fourth-order valence-corrected chi connectivity index (χ4v) is 4.38. The minimum atomic E-state index is -0.276. The number of para-hydroxylation sites is 2. The molecule has 0 atom stereocenters. The number of benzene rings is 2. The number of aromatic nitrogens is 2. The SMILES string of the molecule is COc1ccccc1N1CCN(C(=O)Cn2c(-c3ccccc3)nc(C)c(CCO)c2=O)CC1. The molecule has 1 aromatic heterocycles. The summed E-state index contributed by atoms with van der Waals surface area (Å²) in [5, 5.41) is 9.42. The molecule has 1 aliphatic heterocycles. The van der Waals surface area contributed by atoms with E-state index in [1.54, 1.807) is 18.9 Å². The molecule has 178 valence electrons. The fraction of sp³-hybridized carbons (Fsp3) is 0.346. The van der Waals surface area contributed by atoms with Crippen molar-refractivity contribution in [1.29, 1.82) is 0 Å². The molecule has 0 saturated carbocycles. The van der Waals surface area contributed by atoms with Crippen LogP contribution in [0.25, 0.3) is 11.4 Å². The van der Waals surface area contributed by atoms with Crippen molar-refractivity contribution < 1.29 is 14.6 Å². The van der Waals surface area contributed by atoms with Crippen LogP contribution in [0.2, 0.25) is 0 Å². The van der Waals surface area contributed by atoms with E-state index in [0.29, 0.717) is 43.3 Å². The summed E-state index contributed by atoms with van der Waals surface area (Å²) in [6.07, 6.45) is 0.207. The number of rotatable bonds is 7. The van der Waals surface area contributed by atoms with Crippen molar-refractivity contribution in [2.45, 2.75) is 19.9 Å². The second-order valence-electron chi connectivity index (χ2n) is 8.27. The Morgan fingerprint density at radius 3 is 2.38 bits per heavy atom. The lowest BCUT2D eigenvalue weighted by atomic mass is 10.1. The van der Waals surface area contributed by atoms with Crippen molar-refractivity contribution in [1.82, 2.24) is 14.5 Å². The molecule has 1 fully saturated rings. The molecule has 0 unspecified atom stereocenters. The number of hydrogen-bond acceptors (Lipinski definition) is 6. The molecular weight excluding hydrogens is 432 g/mol. The van der Waals surface area contributed by atoms with Crippen LogP contribution < -0.4 is 15.2 Å². The number of piperazine rings is 1. The van der Waals surface area contributed by atoms with Gasteiger partial charge >= 0.3 is 0 Å². The standard InChI is InChI=1S/C26H30N4O4/c1-19-21(12-17-31)26(33)30(25(27-19)20-8-4-3-5-9-20)18-24(32)29-15-13-28(14-16-29)22-10-6-7-11-23(22)34-2/h3-11,31H,12-18H2,1-2H3. The van der Waals surface area contributed by atoms with Crippen molar-refractivity contribution in [3.05, 3.63) is 76.2 Å². The van der Waals surface area contributed by atoms with Gasteiger partial charge in [-0.25, -0.2) is 4.98 Å². The van der Waals surface area contributed by atoms with Crippen molar-refractivity contribution in [2.24, 2.45) is 0 Å². The van der Waals surface area contributed by atoms with E-state index in [9.17, 15) is 14.7 Å². The zero-order chi connectivity index (χ0) is 24.1. The smallest absolute Gasteiger partial charge is 0.257 e. The third-order valence-corrected chi connectivity index (χ3v) is 6.21. The van der Waals surface area contributed by atoms with Gasteiger partial charge < -0.3 is 19.6 Å². The van der Waals surface area contributed by atoms with Crippen LogP contribution in [-0.2, 0) is 17.8 Å². The molecule has 8 nitrogen and oxygen atoms in total. The van der Waals surface area contributed by atoms with Gasteiger partial charge in [-0.3, -0.25) is 14.2 Å². The number of carbonyl (C=O) groups excluding carboxylic acids is 1. The van der Waals surface area contributed by atoms with Gasteiger partial charge in [0.2, 0.25) is 5.91 Å². The summed E-state index contributed by atoms with van der Waals surface area (Å²) in [6, 6.07) is 17.3. The van der Waals surface area contributed by atoms with E-state index in [4.69, 9.17) is 4.74 Å². The second kappa shape index (κ2) is 10.5. The van der Waals surface area contributed by atoms with Gasteiger partial charge in [0.1, 0.15) is 18.1 Å². The van der Waals surface area contributed by atoms with Gasteiger partial charge in [0, 0.05) is 56.0 Å². The molecule has 0 bridgehead atoms. The van der Waals surface area contributed by atoms with E-state index in [0.717, 1.165) is 17.0 Å². The van der Waals surface area contributed by atoms with E-state index >= 15 is 0 Å². The minimum absolute atomic E-state index is 0.0938. The first-order chi connectivity index (χ1) is 16.5. The summed E-state index contributed by atoms with van der Waals surface area (Å²) in [7, 11) is 1.65. The quantitative estimate of drug-likeness (QED) is 0.579. The number of hydrogen-bond donors (Lipinski definition) is 1. The van der Waals surface area contributed by atoms with Crippen LogP contribution in [0.4, 0.5) is 5.69 Å².